The van der Waals surface area contributed by atoms with Crippen molar-refractivity contribution in [1.82, 2.24) is 0 Å². The van der Waals surface area contributed by atoms with Crippen LogP contribution >= 0.6 is 0 Å². The number of allylic oxidation sites excluding steroid dienone is 1. The normalized spacial score (nSPS) is 27.5. The molecule has 2 atom stereocenters. The molecule has 0 aromatic heterocycles. The highest BCUT2D eigenvalue weighted by atomic mass is 16.5. The van der Waals surface area contributed by atoms with Crippen molar-refractivity contribution in [3.8, 4) is 0 Å². The Morgan fingerprint density at radius 2 is 2.31 bits per heavy atom. The van der Waals surface area contributed by atoms with Crippen LogP contribution in [0.15, 0.2) is 12.2 Å². The lowest BCUT2D eigenvalue weighted by Crippen LogP contribution is -2.23. The topological polar surface area (TPSA) is 26.3 Å². The van der Waals surface area contributed by atoms with E-state index in [0.717, 1.165) is 25.0 Å². The van der Waals surface area contributed by atoms with Gasteiger partial charge in [-0.15, -0.1) is 0 Å². The van der Waals surface area contributed by atoms with Gasteiger partial charge in [0, 0.05) is 18.9 Å². The van der Waals surface area contributed by atoms with E-state index < -0.39 is 0 Å². The third-order valence-corrected chi connectivity index (χ3v) is 2.50. The van der Waals surface area contributed by atoms with Crippen molar-refractivity contribution < 1.29 is 9.53 Å². The number of carbonyl (C=O) groups is 1. The monoisotopic (exact) mass is 182 g/mol. The minimum Gasteiger partial charge on any atom is -0.377 e. The Morgan fingerprint density at radius 1 is 1.62 bits per heavy atom. The number of hydrogen-bond donors (Lipinski definition) is 0. The highest BCUT2D eigenvalue weighted by Gasteiger charge is 2.31. The van der Waals surface area contributed by atoms with E-state index in [0.29, 0.717) is 12.2 Å². The summed E-state index contributed by atoms with van der Waals surface area (Å²) in [7, 11) is 0. The number of hydrogen-bond acceptors (Lipinski definition) is 2. The van der Waals surface area contributed by atoms with Crippen molar-refractivity contribution in [3.63, 3.8) is 0 Å². The Bertz CT molecular complexity index is 208. The van der Waals surface area contributed by atoms with Crippen molar-refractivity contribution in [2.24, 2.45) is 5.92 Å². The summed E-state index contributed by atoms with van der Waals surface area (Å²) in [5.74, 6) is 0.429. The lowest BCUT2D eigenvalue weighted by Gasteiger charge is -2.15. The van der Waals surface area contributed by atoms with Crippen LogP contribution < -0.4 is 0 Å². The number of carbonyl (C=O) groups excluding carboxylic acids is 1. The van der Waals surface area contributed by atoms with Gasteiger partial charge in [0.2, 0.25) is 0 Å². The molecule has 0 aromatic rings. The first-order valence-corrected chi connectivity index (χ1v) is 4.93. The predicted octanol–water partition coefficient (Wildman–Crippen LogP) is 2.34. The molecular weight excluding hydrogens is 164 g/mol. The number of ether oxygens (including phenoxy) is 1. The van der Waals surface area contributed by atoms with E-state index in [9.17, 15) is 4.79 Å². The maximum absolute atomic E-state index is 11.7. The van der Waals surface area contributed by atoms with Gasteiger partial charge in [0.1, 0.15) is 5.78 Å². The molecule has 1 aliphatic rings. The molecule has 0 N–H and O–H groups in total. The van der Waals surface area contributed by atoms with Crippen LogP contribution in [0.2, 0.25) is 0 Å². The molecule has 0 saturated carbocycles. The molecule has 2 nitrogen and oxygen atoms in total. The summed E-state index contributed by atoms with van der Waals surface area (Å²) < 4.78 is 5.47. The number of Topliss-reactive ketones (excluding diaryl/α,β-unsaturated/α-hetero) is 1. The molecule has 1 rings (SSSR count). The summed E-state index contributed by atoms with van der Waals surface area (Å²) in [4.78, 5) is 11.7. The Balaban J connectivity index is 2.50. The summed E-state index contributed by atoms with van der Waals surface area (Å²) in [6.45, 7) is 8.46. The molecular formula is C11H18O2. The average molecular weight is 182 g/mol. The van der Waals surface area contributed by atoms with Crippen LogP contribution in [-0.2, 0) is 9.53 Å². The summed E-state index contributed by atoms with van der Waals surface area (Å²) in [5, 5.41) is 0. The van der Waals surface area contributed by atoms with Crippen molar-refractivity contribution in [2.45, 2.75) is 39.2 Å². The van der Waals surface area contributed by atoms with Crippen LogP contribution in [0, 0.1) is 5.92 Å². The Morgan fingerprint density at radius 3 is 2.85 bits per heavy atom. The quantitative estimate of drug-likeness (QED) is 0.624. The zero-order chi connectivity index (χ0) is 9.84. The van der Waals surface area contributed by atoms with Crippen molar-refractivity contribution in [1.29, 1.82) is 0 Å². The van der Waals surface area contributed by atoms with Crippen LogP contribution in [0.4, 0.5) is 0 Å². The second-order valence-corrected chi connectivity index (χ2v) is 3.81. The molecule has 0 spiro atoms. The van der Waals surface area contributed by atoms with Crippen LogP contribution in [0.5, 0.6) is 0 Å². The SMILES string of the molecule is C=C(C)CC(=O)C1CCOC1CC. The third-order valence-electron chi connectivity index (χ3n) is 2.50. The fourth-order valence-electron chi connectivity index (χ4n) is 1.85. The molecule has 1 heterocycles. The zero-order valence-electron chi connectivity index (χ0n) is 8.51. The molecule has 0 amide bonds. The van der Waals surface area contributed by atoms with Gasteiger partial charge in [0.15, 0.2) is 0 Å². The van der Waals surface area contributed by atoms with E-state index in [1.54, 1.807) is 0 Å². The van der Waals surface area contributed by atoms with Crippen LogP contribution in [0.25, 0.3) is 0 Å². The van der Waals surface area contributed by atoms with Gasteiger partial charge in [-0.25, -0.2) is 0 Å². The molecule has 1 fully saturated rings. The smallest absolute Gasteiger partial charge is 0.142 e. The molecule has 0 bridgehead atoms. The van der Waals surface area contributed by atoms with E-state index in [1.165, 1.54) is 0 Å². The van der Waals surface area contributed by atoms with Gasteiger partial charge in [-0.2, -0.15) is 0 Å². The minimum atomic E-state index is 0.127. The minimum absolute atomic E-state index is 0.127. The van der Waals surface area contributed by atoms with Crippen molar-refractivity contribution in [2.75, 3.05) is 6.61 Å². The molecule has 0 radical (unpaired) electrons. The van der Waals surface area contributed by atoms with Gasteiger partial charge in [-0.05, 0) is 19.8 Å². The van der Waals surface area contributed by atoms with Gasteiger partial charge in [-0.1, -0.05) is 19.1 Å². The number of rotatable bonds is 4. The lowest BCUT2D eigenvalue weighted by molar-refractivity contribution is -0.123. The fraction of sp³-hybridized carbons (Fsp3) is 0.727. The van der Waals surface area contributed by atoms with Crippen molar-refractivity contribution >= 4 is 5.78 Å². The Hall–Kier alpha value is -0.630. The van der Waals surface area contributed by atoms with E-state index in [-0.39, 0.29) is 12.0 Å². The molecule has 2 unspecified atom stereocenters. The molecule has 1 aliphatic heterocycles. The van der Waals surface area contributed by atoms with Gasteiger partial charge in [-0.3, -0.25) is 4.79 Å². The van der Waals surface area contributed by atoms with Crippen LogP contribution in [-0.4, -0.2) is 18.5 Å². The van der Waals surface area contributed by atoms with Gasteiger partial charge < -0.3 is 4.74 Å². The van der Waals surface area contributed by atoms with Crippen LogP contribution in [0.1, 0.15) is 33.1 Å². The molecule has 13 heavy (non-hydrogen) atoms. The molecule has 1 saturated heterocycles. The summed E-state index contributed by atoms with van der Waals surface area (Å²) in [6.07, 6.45) is 2.51. The maximum atomic E-state index is 11.7. The number of ketones is 1. The lowest BCUT2D eigenvalue weighted by atomic mass is 9.91. The molecule has 74 valence electrons. The van der Waals surface area contributed by atoms with E-state index in [1.807, 2.05) is 6.92 Å². The standard InChI is InChI=1S/C11H18O2/c1-4-11-9(5-6-13-11)10(12)7-8(2)3/h9,11H,2,4-7H2,1,3H3. The summed E-state index contributed by atoms with van der Waals surface area (Å²) >= 11 is 0. The van der Waals surface area contributed by atoms with Gasteiger partial charge in [0.25, 0.3) is 0 Å². The van der Waals surface area contributed by atoms with Gasteiger partial charge in [0.05, 0.1) is 6.10 Å². The highest BCUT2D eigenvalue weighted by molar-refractivity contribution is 5.83. The van der Waals surface area contributed by atoms with E-state index in [4.69, 9.17) is 4.74 Å². The van der Waals surface area contributed by atoms with Crippen LogP contribution in [0.3, 0.4) is 0 Å². The summed E-state index contributed by atoms with van der Waals surface area (Å²) in [6, 6.07) is 0. The zero-order valence-corrected chi connectivity index (χ0v) is 8.51. The van der Waals surface area contributed by atoms with Crippen molar-refractivity contribution in [3.05, 3.63) is 12.2 Å². The first-order valence-electron chi connectivity index (χ1n) is 4.93. The van der Waals surface area contributed by atoms with E-state index >= 15 is 0 Å². The van der Waals surface area contributed by atoms with Gasteiger partial charge >= 0.3 is 0 Å². The molecule has 2 heteroatoms. The van der Waals surface area contributed by atoms with E-state index in [2.05, 4.69) is 13.5 Å². The average Bonchev–Trinajstić information content (AvgIpc) is 2.49. The molecule has 0 aliphatic carbocycles. The second-order valence-electron chi connectivity index (χ2n) is 3.81. The third kappa shape index (κ3) is 2.66. The maximum Gasteiger partial charge on any atom is 0.142 e. The first kappa shape index (κ1) is 10.5. The first-order chi connectivity index (χ1) is 6.15. The second kappa shape index (κ2) is 4.56. The highest BCUT2D eigenvalue weighted by Crippen LogP contribution is 2.25. The predicted molar refractivity (Wildman–Crippen MR) is 52.6 cm³/mol. The largest absolute Gasteiger partial charge is 0.377 e. The summed E-state index contributed by atoms with van der Waals surface area (Å²) in [5.41, 5.74) is 0.951. The molecule has 0 aromatic carbocycles. The fourth-order valence-corrected chi connectivity index (χ4v) is 1.85. The Kier molecular flexibility index (Phi) is 3.67. The Labute approximate surface area is 80.0 Å².